The molecule has 2 rings (SSSR count). The second-order valence-corrected chi connectivity index (χ2v) is 5.42. The van der Waals surface area contributed by atoms with Gasteiger partial charge < -0.3 is 15.5 Å². The first-order valence-electron chi connectivity index (χ1n) is 6.61. The van der Waals surface area contributed by atoms with E-state index in [1.54, 1.807) is 0 Å². The smallest absolute Gasteiger partial charge is 0.0407 e. The topological polar surface area (TPSA) is 32.5 Å². The summed E-state index contributed by atoms with van der Waals surface area (Å²) in [5.74, 6) is 0. The summed E-state index contributed by atoms with van der Waals surface area (Å²) in [4.78, 5) is 4.82. The summed E-state index contributed by atoms with van der Waals surface area (Å²) in [6.45, 7) is 3.92. The van der Waals surface area contributed by atoms with Crippen molar-refractivity contribution in [2.75, 3.05) is 38.1 Å². The van der Waals surface area contributed by atoms with Crippen LogP contribution in [0.5, 0.6) is 0 Å². The van der Waals surface area contributed by atoms with Gasteiger partial charge in [0.15, 0.2) is 0 Å². The number of likely N-dealkylation sites (N-methyl/N-ethyl adjacent to an activating group) is 1. The van der Waals surface area contributed by atoms with Crippen molar-refractivity contribution in [3.05, 3.63) is 29.3 Å². The molecule has 1 aliphatic rings. The maximum atomic E-state index is 5.93. The summed E-state index contributed by atoms with van der Waals surface area (Å²) in [6, 6.07) is 8.74. The van der Waals surface area contributed by atoms with Gasteiger partial charge in [-0.2, -0.15) is 0 Å². The van der Waals surface area contributed by atoms with Crippen molar-refractivity contribution in [1.29, 1.82) is 0 Å². The van der Waals surface area contributed by atoms with E-state index in [4.69, 9.17) is 17.3 Å². The van der Waals surface area contributed by atoms with Gasteiger partial charge in [-0.05, 0) is 44.2 Å². The average molecular weight is 268 g/mol. The molecule has 0 saturated carbocycles. The normalized spacial score (nSPS) is 20.4. The van der Waals surface area contributed by atoms with Crippen LogP contribution in [0.4, 0.5) is 5.69 Å². The monoisotopic (exact) mass is 267 g/mol. The predicted octanol–water partition coefficient (Wildman–Crippen LogP) is 2.20. The number of nitrogens with two attached hydrogens (primary N) is 1. The zero-order chi connectivity index (χ0) is 13.0. The first-order valence-corrected chi connectivity index (χ1v) is 6.99. The Balaban J connectivity index is 2.00. The second-order valence-electron chi connectivity index (χ2n) is 4.99. The van der Waals surface area contributed by atoms with Crippen molar-refractivity contribution in [2.45, 2.75) is 18.9 Å². The first-order chi connectivity index (χ1) is 8.70. The molecule has 1 atom stereocenters. The molecule has 3 nitrogen and oxygen atoms in total. The molecule has 0 bridgehead atoms. The summed E-state index contributed by atoms with van der Waals surface area (Å²) in [6.07, 6.45) is 2.50. The van der Waals surface area contributed by atoms with Crippen molar-refractivity contribution < 1.29 is 0 Å². The van der Waals surface area contributed by atoms with Gasteiger partial charge in [-0.1, -0.05) is 11.6 Å². The lowest BCUT2D eigenvalue weighted by atomic mass is 10.0. The Hall–Kier alpha value is -0.770. The Morgan fingerprint density at radius 2 is 2.11 bits per heavy atom. The molecule has 100 valence electrons. The van der Waals surface area contributed by atoms with Crippen LogP contribution in [0.25, 0.3) is 0 Å². The number of piperidine rings is 1. The quantitative estimate of drug-likeness (QED) is 0.908. The third-order valence-electron chi connectivity index (χ3n) is 3.69. The van der Waals surface area contributed by atoms with Crippen LogP contribution in [0.15, 0.2) is 24.3 Å². The highest BCUT2D eigenvalue weighted by atomic mass is 35.5. The molecule has 1 saturated heterocycles. The third-order valence-corrected chi connectivity index (χ3v) is 3.95. The fourth-order valence-electron chi connectivity index (χ4n) is 2.59. The molecule has 2 N–H and O–H groups in total. The predicted molar refractivity (Wildman–Crippen MR) is 78.4 cm³/mol. The second kappa shape index (κ2) is 6.41. The lowest BCUT2D eigenvalue weighted by Crippen LogP contribution is -2.47. The van der Waals surface area contributed by atoms with Crippen LogP contribution < -0.4 is 10.6 Å². The van der Waals surface area contributed by atoms with Crippen LogP contribution in [0.2, 0.25) is 5.02 Å². The number of benzene rings is 1. The van der Waals surface area contributed by atoms with Crippen molar-refractivity contribution in [3.8, 4) is 0 Å². The summed E-state index contributed by atoms with van der Waals surface area (Å²) in [7, 11) is 2.17. The molecule has 1 aromatic carbocycles. The average Bonchev–Trinajstić information content (AvgIpc) is 2.40. The summed E-state index contributed by atoms with van der Waals surface area (Å²) >= 11 is 5.93. The van der Waals surface area contributed by atoms with Crippen molar-refractivity contribution in [1.82, 2.24) is 4.90 Å². The molecule has 1 fully saturated rings. The Morgan fingerprint density at radius 3 is 2.78 bits per heavy atom. The molecule has 0 aromatic heterocycles. The largest absolute Gasteiger partial charge is 0.370 e. The van der Waals surface area contributed by atoms with Gasteiger partial charge in [-0.25, -0.2) is 0 Å². The molecular formula is C14H22ClN3. The van der Waals surface area contributed by atoms with E-state index >= 15 is 0 Å². The lowest BCUT2D eigenvalue weighted by molar-refractivity contribution is 0.221. The number of hydrogen-bond acceptors (Lipinski definition) is 3. The van der Waals surface area contributed by atoms with Crippen molar-refractivity contribution in [2.24, 2.45) is 5.73 Å². The Kier molecular flexibility index (Phi) is 4.87. The van der Waals surface area contributed by atoms with Gasteiger partial charge >= 0.3 is 0 Å². The van der Waals surface area contributed by atoms with E-state index in [0.29, 0.717) is 6.04 Å². The zero-order valence-corrected chi connectivity index (χ0v) is 11.7. The molecule has 1 aromatic rings. The number of rotatable bonds is 4. The summed E-state index contributed by atoms with van der Waals surface area (Å²) in [5.41, 5.74) is 6.90. The number of hydrogen-bond donors (Lipinski definition) is 1. The molecule has 0 radical (unpaired) electrons. The standard InChI is InChI=1S/C14H22ClN3/c1-17(10-8-16)14-3-2-9-18(11-14)13-6-4-12(15)5-7-13/h4-7,14H,2-3,8-11,16H2,1H3. The summed E-state index contributed by atoms with van der Waals surface area (Å²) in [5, 5.41) is 0.799. The number of halogens is 1. The van der Waals surface area contributed by atoms with Crippen LogP contribution in [0.3, 0.4) is 0 Å². The van der Waals surface area contributed by atoms with Crippen LogP contribution >= 0.6 is 11.6 Å². The highest BCUT2D eigenvalue weighted by Gasteiger charge is 2.22. The Labute approximate surface area is 115 Å². The maximum absolute atomic E-state index is 5.93. The van der Waals surface area contributed by atoms with Gasteiger partial charge in [-0.15, -0.1) is 0 Å². The third kappa shape index (κ3) is 3.37. The van der Waals surface area contributed by atoms with E-state index in [2.05, 4.69) is 29.0 Å². The van der Waals surface area contributed by atoms with E-state index in [1.165, 1.54) is 18.5 Å². The minimum absolute atomic E-state index is 0.609. The van der Waals surface area contributed by atoms with Crippen LogP contribution in [0.1, 0.15) is 12.8 Å². The van der Waals surface area contributed by atoms with Crippen LogP contribution in [-0.4, -0.2) is 44.2 Å². The fraction of sp³-hybridized carbons (Fsp3) is 0.571. The molecule has 1 aliphatic heterocycles. The molecule has 0 spiro atoms. The molecular weight excluding hydrogens is 246 g/mol. The van der Waals surface area contributed by atoms with Gasteiger partial charge in [0.25, 0.3) is 0 Å². The Morgan fingerprint density at radius 1 is 1.39 bits per heavy atom. The van der Waals surface area contributed by atoms with E-state index in [9.17, 15) is 0 Å². The van der Waals surface area contributed by atoms with E-state index in [0.717, 1.165) is 31.2 Å². The van der Waals surface area contributed by atoms with Crippen LogP contribution in [0, 0.1) is 0 Å². The van der Waals surface area contributed by atoms with Crippen molar-refractivity contribution >= 4 is 17.3 Å². The minimum atomic E-state index is 0.609. The highest BCUT2D eigenvalue weighted by molar-refractivity contribution is 6.30. The van der Waals surface area contributed by atoms with E-state index in [1.807, 2.05) is 12.1 Å². The molecule has 1 unspecified atom stereocenters. The minimum Gasteiger partial charge on any atom is -0.370 e. The summed E-state index contributed by atoms with van der Waals surface area (Å²) < 4.78 is 0. The van der Waals surface area contributed by atoms with E-state index in [-0.39, 0.29) is 0 Å². The lowest BCUT2D eigenvalue weighted by Gasteiger charge is -2.38. The molecule has 0 amide bonds. The maximum Gasteiger partial charge on any atom is 0.0407 e. The zero-order valence-electron chi connectivity index (χ0n) is 11.0. The molecule has 0 aliphatic carbocycles. The van der Waals surface area contributed by atoms with E-state index < -0.39 is 0 Å². The van der Waals surface area contributed by atoms with Gasteiger partial charge in [0.2, 0.25) is 0 Å². The van der Waals surface area contributed by atoms with Crippen molar-refractivity contribution in [3.63, 3.8) is 0 Å². The van der Waals surface area contributed by atoms with Gasteiger partial charge in [0.05, 0.1) is 0 Å². The van der Waals surface area contributed by atoms with Crippen LogP contribution in [-0.2, 0) is 0 Å². The SMILES string of the molecule is CN(CCN)C1CCCN(c2ccc(Cl)cc2)C1. The Bertz CT molecular complexity index is 366. The highest BCUT2D eigenvalue weighted by Crippen LogP contribution is 2.23. The first kappa shape index (κ1) is 13.7. The van der Waals surface area contributed by atoms with Gasteiger partial charge in [0, 0.05) is 42.9 Å². The van der Waals surface area contributed by atoms with Gasteiger partial charge in [-0.3, -0.25) is 0 Å². The number of anilines is 1. The number of nitrogens with zero attached hydrogens (tertiary/aromatic N) is 2. The fourth-order valence-corrected chi connectivity index (χ4v) is 2.71. The van der Waals surface area contributed by atoms with Gasteiger partial charge in [0.1, 0.15) is 0 Å². The molecule has 18 heavy (non-hydrogen) atoms. The molecule has 4 heteroatoms. The molecule has 1 heterocycles.